The van der Waals surface area contributed by atoms with Gasteiger partial charge in [-0.2, -0.15) is 0 Å². The van der Waals surface area contributed by atoms with Crippen molar-refractivity contribution in [2.45, 2.75) is 26.3 Å². The van der Waals surface area contributed by atoms with Crippen LogP contribution >= 0.6 is 11.8 Å². The molecule has 128 valence electrons. The molecule has 0 aliphatic carbocycles. The summed E-state index contributed by atoms with van der Waals surface area (Å²) >= 11 is 6.67. The number of aromatic nitrogens is 1. The van der Waals surface area contributed by atoms with Crippen molar-refractivity contribution in [3.05, 3.63) is 54.2 Å². The Morgan fingerprint density at radius 3 is 2.68 bits per heavy atom. The summed E-state index contributed by atoms with van der Waals surface area (Å²) in [6.45, 7) is 5.38. The van der Waals surface area contributed by atoms with E-state index in [1.165, 1.54) is 40.7 Å². The molecule has 0 atom stereocenters. The van der Waals surface area contributed by atoms with Gasteiger partial charge in [0.25, 0.3) is 0 Å². The Kier molecular flexibility index (Phi) is 3.46. The van der Waals surface area contributed by atoms with Crippen LogP contribution in [0.5, 0.6) is 0 Å². The van der Waals surface area contributed by atoms with Gasteiger partial charge in [-0.1, -0.05) is 19.1 Å². The fraction of sp³-hybridized carbons (Fsp3) is 0.333. The summed E-state index contributed by atoms with van der Waals surface area (Å²) < 4.78 is 4.14. The van der Waals surface area contributed by atoms with Crippen LogP contribution in [0, 0.1) is 5.92 Å². The lowest BCUT2D eigenvalue weighted by molar-refractivity contribution is 0.438. The summed E-state index contributed by atoms with van der Waals surface area (Å²) in [4.78, 5) is 2.52. The highest BCUT2D eigenvalue weighted by molar-refractivity contribution is 6.27. The van der Waals surface area contributed by atoms with E-state index in [1.54, 1.807) is 0 Å². The highest BCUT2D eigenvalue weighted by atomic mass is 35.5. The quantitative estimate of drug-likeness (QED) is 0.548. The maximum Gasteiger partial charge on any atom is 0.0776 e. The molecule has 0 unspecified atom stereocenters. The Hall–Kier alpha value is -2.13. The number of piperidine rings is 1. The molecule has 2 aliphatic heterocycles. The third-order valence-corrected chi connectivity index (χ3v) is 6.03. The first kappa shape index (κ1) is 15.2. The smallest absolute Gasteiger partial charge is 0.0776 e. The van der Waals surface area contributed by atoms with Crippen LogP contribution in [0.1, 0.15) is 25.3 Å². The van der Waals surface area contributed by atoms with Crippen LogP contribution in [0.15, 0.2) is 48.7 Å². The van der Waals surface area contributed by atoms with Gasteiger partial charge in [-0.15, -0.1) is 0 Å². The molecule has 1 fully saturated rings. The molecule has 1 saturated heterocycles. The first-order valence-corrected chi connectivity index (χ1v) is 9.46. The van der Waals surface area contributed by atoms with Crippen LogP contribution in [0.3, 0.4) is 0 Å². The summed E-state index contributed by atoms with van der Waals surface area (Å²) in [7, 11) is 0. The van der Waals surface area contributed by atoms with Crippen LogP contribution in [-0.4, -0.2) is 17.7 Å². The number of rotatable bonds is 1. The molecule has 2 aromatic carbocycles. The van der Waals surface area contributed by atoms with Crippen LogP contribution in [0.2, 0.25) is 0 Å². The molecule has 2 aliphatic rings. The molecular formula is C21H22ClN3. The van der Waals surface area contributed by atoms with E-state index in [-0.39, 0.29) is 0 Å². The van der Waals surface area contributed by atoms with Crippen molar-refractivity contribution in [2.75, 3.05) is 22.4 Å². The molecule has 0 bridgehead atoms. The number of benzene rings is 2. The summed E-state index contributed by atoms with van der Waals surface area (Å²) in [5, 5.41) is 1.23. The van der Waals surface area contributed by atoms with Gasteiger partial charge in [0.1, 0.15) is 0 Å². The standard InChI is InChI=1S/C21H22ClN3/c1-15-7-10-23(11-8-15)18-5-6-19-17(13-18)14-25(22)20-4-2-3-16-9-12-24(19)21(16)20/h2-6,9,12-13,15H,7-8,10-11,14H2,1H3. The van der Waals surface area contributed by atoms with Gasteiger partial charge in [0.2, 0.25) is 0 Å². The SMILES string of the molecule is CC1CCN(c2ccc3c(c2)CN(Cl)c2cccc4ccn-3c24)CC1. The van der Waals surface area contributed by atoms with Crippen LogP contribution in [0.4, 0.5) is 11.4 Å². The molecular weight excluding hydrogens is 330 g/mol. The van der Waals surface area contributed by atoms with Crippen LogP contribution in [0.25, 0.3) is 16.6 Å². The second-order valence-electron chi connectivity index (χ2n) is 7.40. The van der Waals surface area contributed by atoms with Crippen molar-refractivity contribution in [1.29, 1.82) is 0 Å². The zero-order chi connectivity index (χ0) is 17.0. The maximum absolute atomic E-state index is 6.67. The van der Waals surface area contributed by atoms with Gasteiger partial charge in [-0.3, -0.25) is 4.42 Å². The molecule has 0 spiro atoms. The van der Waals surface area contributed by atoms with E-state index in [2.05, 4.69) is 65.1 Å². The van der Waals surface area contributed by atoms with Gasteiger partial charge in [-0.25, -0.2) is 0 Å². The lowest BCUT2D eigenvalue weighted by Crippen LogP contribution is -2.32. The summed E-state index contributed by atoms with van der Waals surface area (Å²) in [5.74, 6) is 0.845. The average Bonchev–Trinajstić information content (AvgIpc) is 3.01. The number of anilines is 2. The van der Waals surface area contributed by atoms with Gasteiger partial charge in [0.05, 0.1) is 23.4 Å². The summed E-state index contributed by atoms with van der Waals surface area (Å²) in [5.41, 5.74) is 6.11. The van der Waals surface area contributed by atoms with Gasteiger partial charge in [-0.05, 0) is 54.7 Å². The zero-order valence-corrected chi connectivity index (χ0v) is 15.2. The Labute approximate surface area is 153 Å². The van der Waals surface area contributed by atoms with Crippen molar-refractivity contribution in [1.82, 2.24) is 4.57 Å². The second kappa shape index (κ2) is 5.70. The molecule has 3 nitrogen and oxygen atoms in total. The van der Waals surface area contributed by atoms with Crippen LogP contribution < -0.4 is 9.32 Å². The van der Waals surface area contributed by atoms with E-state index in [0.717, 1.165) is 31.2 Å². The number of fused-ring (bicyclic) bond motifs is 2. The van der Waals surface area contributed by atoms with Gasteiger partial charge >= 0.3 is 0 Å². The Morgan fingerprint density at radius 1 is 1.00 bits per heavy atom. The predicted octanol–water partition coefficient (Wildman–Crippen LogP) is 5.34. The van der Waals surface area contributed by atoms with E-state index < -0.39 is 0 Å². The van der Waals surface area contributed by atoms with Crippen molar-refractivity contribution in [3.8, 4) is 5.69 Å². The largest absolute Gasteiger partial charge is 0.372 e. The molecule has 0 radical (unpaired) electrons. The zero-order valence-electron chi connectivity index (χ0n) is 14.5. The van der Waals surface area contributed by atoms with Crippen molar-refractivity contribution in [3.63, 3.8) is 0 Å². The van der Waals surface area contributed by atoms with E-state index >= 15 is 0 Å². The van der Waals surface area contributed by atoms with E-state index in [0.29, 0.717) is 0 Å². The number of nitrogens with zero attached hydrogens (tertiary/aromatic N) is 3. The molecule has 0 saturated carbocycles. The Bertz CT molecular complexity index is 937. The first-order chi connectivity index (χ1) is 12.2. The number of halogens is 1. The fourth-order valence-electron chi connectivity index (χ4n) is 4.20. The number of hydrogen-bond acceptors (Lipinski definition) is 2. The molecule has 5 rings (SSSR count). The maximum atomic E-state index is 6.67. The first-order valence-electron chi connectivity index (χ1n) is 9.12. The normalized spacial score (nSPS) is 17.7. The molecule has 0 amide bonds. The van der Waals surface area contributed by atoms with E-state index in [9.17, 15) is 0 Å². The third kappa shape index (κ3) is 2.41. The van der Waals surface area contributed by atoms with Gasteiger partial charge in [0.15, 0.2) is 0 Å². The minimum absolute atomic E-state index is 0.718. The monoisotopic (exact) mass is 351 g/mol. The Morgan fingerprint density at radius 2 is 1.84 bits per heavy atom. The highest BCUT2D eigenvalue weighted by Gasteiger charge is 2.22. The molecule has 3 heterocycles. The molecule has 1 aromatic heterocycles. The summed E-state index contributed by atoms with van der Waals surface area (Å²) in [6.07, 6.45) is 4.72. The van der Waals surface area contributed by atoms with Crippen molar-refractivity contribution in [2.24, 2.45) is 5.92 Å². The van der Waals surface area contributed by atoms with Crippen LogP contribution in [-0.2, 0) is 6.54 Å². The van der Waals surface area contributed by atoms with Gasteiger partial charge < -0.3 is 9.47 Å². The average molecular weight is 352 g/mol. The molecule has 4 heteroatoms. The number of para-hydroxylation sites is 1. The highest BCUT2D eigenvalue weighted by Crippen LogP contribution is 2.38. The predicted molar refractivity (Wildman–Crippen MR) is 106 cm³/mol. The van der Waals surface area contributed by atoms with Gasteiger partial charge in [0, 0.05) is 42.1 Å². The minimum Gasteiger partial charge on any atom is -0.372 e. The van der Waals surface area contributed by atoms with E-state index in [1.807, 2.05) is 4.42 Å². The van der Waals surface area contributed by atoms with Crippen molar-refractivity contribution >= 4 is 34.1 Å². The van der Waals surface area contributed by atoms with E-state index in [4.69, 9.17) is 11.8 Å². The fourth-order valence-corrected chi connectivity index (χ4v) is 4.47. The lowest BCUT2D eigenvalue weighted by atomic mass is 9.98. The molecule has 25 heavy (non-hydrogen) atoms. The second-order valence-corrected chi connectivity index (χ2v) is 7.81. The number of hydrogen-bond donors (Lipinski definition) is 0. The summed E-state index contributed by atoms with van der Waals surface area (Å²) in [6, 6.07) is 15.4. The Balaban J connectivity index is 1.61. The topological polar surface area (TPSA) is 11.4 Å². The third-order valence-electron chi connectivity index (χ3n) is 5.73. The lowest BCUT2D eigenvalue weighted by Gasteiger charge is -2.32. The molecule has 0 N–H and O–H groups in total. The minimum atomic E-state index is 0.718. The molecule has 3 aromatic rings. The van der Waals surface area contributed by atoms with Crippen molar-refractivity contribution < 1.29 is 0 Å².